The number of hydrogen-bond donors (Lipinski definition) is 1. The normalized spacial score (nSPS) is 11.5. The SMILES string of the molecule is COc1cccc(-c2cccc(CC(=O)O)c2)c1OC/C=C/c1ccc(C(F)(F)F)cc1. The maximum absolute atomic E-state index is 12.7. The van der Waals surface area contributed by atoms with E-state index < -0.39 is 17.7 Å². The molecule has 166 valence electrons. The molecule has 32 heavy (non-hydrogen) atoms. The van der Waals surface area contributed by atoms with E-state index >= 15 is 0 Å². The molecule has 3 rings (SSSR count). The van der Waals surface area contributed by atoms with Gasteiger partial charge < -0.3 is 14.6 Å². The molecule has 0 unspecified atom stereocenters. The number of carboxylic acids is 1. The number of benzene rings is 3. The van der Waals surface area contributed by atoms with Crippen LogP contribution in [0.2, 0.25) is 0 Å². The molecule has 0 aromatic heterocycles. The molecular weight excluding hydrogens is 421 g/mol. The number of carboxylic acid groups (broad SMARTS) is 1. The van der Waals surface area contributed by atoms with Gasteiger partial charge in [0.1, 0.15) is 6.61 Å². The van der Waals surface area contributed by atoms with Crippen molar-refractivity contribution in [1.82, 2.24) is 0 Å². The number of carbonyl (C=O) groups is 1. The zero-order valence-electron chi connectivity index (χ0n) is 17.2. The van der Waals surface area contributed by atoms with Crippen molar-refractivity contribution in [3.05, 3.63) is 89.5 Å². The van der Waals surface area contributed by atoms with Crippen molar-refractivity contribution in [2.45, 2.75) is 12.6 Å². The van der Waals surface area contributed by atoms with E-state index in [1.54, 1.807) is 36.4 Å². The molecule has 1 N–H and O–H groups in total. The van der Waals surface area contributed by atoms with E-state index in [1.165, 1.54) is 19.2 Å². The number of hydrogen-bond acceptors (Lipinski definition) is 3. The fourth-order valence-electron chi connectivity index (χ4n) is 3.18. The van der Waals surface area contributed by atoms with Crippen LogP contribution in [0.1, 0.15) is 16.7 Å². The summed E-state index contributed by atoms with van der Waals surface area (Å²) in [6.07, 6.45) is -1.10. The van der Waals surface area contributed by atoms with Crippen LogP contribution in [0, 0.1) is 0 Å². The van der Waals surface area contributed by atoms with Crippen LogP contribution in [-0.4, -0.2) is 24.8 Å². The largest absolute Gasteiger partial charge is 0.493 e. The standard InChI is InChI=1S/C25H21F3O4/c1-31-22-9-3-8-21(19-7-2-5-18(15-19)16-23(29)30)24(22)32-14-4-6-17-10-12-20(13-11-17)25(26,27)28/h2-13,15H,14,16H2,1H3,(H,29,30)/b6-4+. The summed E-state index contributed by atoms with van der Waals surface area (Å²) in [7, 11) is 1.52. The van der Waals surface area contributed by atoms with Gasteiger partial charge in [-0.05, 0) is 41.0 Å². The molecule has 0 amide bonds. The molecular formula is C25H21F3O4. The van der Waals surface area contributed by atoms with Crippen LogP contribution in [0.25, 0.3) is 17.2 Å². The van der Waals surface area contributed by atoms with Crippen LogP contribution in [0.15, 0.2) is 72.8 Å². The smallest absolute Gasteiger partial charge is 0.416 e. The van der Waals surface area contributed by atoms with Gasteiger partial charge in [0.25, 0.3) is 0 Å². The number of ether oxygens (including phenoxy) is 2. The van der Waals surface area contributed by atoms with Crippen LogP contribution in [0.3, 0.4) is 0 Å². The van der Waals surface area contributed by atoms with Crippen molar-refractivity contribution >= 4 is 12.0 Å². The van der Waals surface area contributed by atoms with Gasteiger partial charge in [-0.25, -0.2) is 0 Å². The van der Waals surface area contributed by atoms with E-state index in [9.17, 15) is 18.0 Å². The minimum Gasteiger partial charge on any atom is -0.493 e. The Labute approximate surface area is 183 Å². The third-order valence-corrected chi connectivity index (χ3v) is 4.66. The van der Waals surface area contributed by atoms with Gasteiger partial charge >= 0.3 is 12.1 Å². The highest BCUT2D eigenvalue weighted by molar-refractivity contribution is 5.76. The molecule has 4 nitrogen and oxygen atoms in total. The zero-order valence-corrected chi connectivity index (χ0v) is 17.2. The van der Waals surface area contributed by atoms with Crippen LogP contribution < -0.4 is 9.47 Å². The van der Waals surface area contributed by atoms with Crippen molar-refractivity contribution in [2.75, 3.05) is 13.7 Å². The van der Waals surface area contributed by atoms with Gasteiger partial charge in [-0.15, -0.1) is 0 Å². The maximum atomic E-state index is 12.7. The second kappa shape index (κ2) is 10.0. The summed E-state index contributed by atoms with van der Waals surface area (Å²) >= 11 is 0. The molecule has 0 spiro atoms. The first-order valence-corrected chi connectivity index (χ1v) is 9.72. The Kier molecular flexibility index (Phi) is 7.20. The lowest BCUT2D eigenvalue weighted by atomic mass is 10.0. The molecule has 0 aliphatic rings. The second-order valence-corrected chi connectivity index (χ2v) is 6.94. The summed E-state index contributed by atoms with van der Waals surface area (Å²) < 4.78 is 49.4. The van der Waals surface area contributed by atoms with E-state index in [0.717, 1.165) is 23.3 Å². The van der Waals surface area contributed by atoms with Crippen LogP contribution >= 0.6 is 0 Å². The van der Waals surface area contributed by atoms with Crippen molar-refractivity contribution < 1.29 is 32.5 Å². The van der Waals surface area contributed by atoms with Gasteiger partial charge in [0.15, 0.2) is 11.5 Å². The molecule has 0 bridgehead atoms. The predicted octanol–water partition coefficient (Wildman–Crippen LogP) is 6.10. The van der Waals surface area contributed by atoms with Gasteiger partial charge in [0.05, 0.1) is 19.1 Å². The lowest BCUT2D eigenvalue weighted by molar-refractivity contribution is -0.138. The van der Waals surface area contributed by atoms with Gasteiger partial charge in [-0.2, -0.15) is 13.2 Å². The Morgan fingerprint density at radius 2 is 1.75 bits per heavy atom. The van der Waals surface area contributed by atoms with Crippen molar-refractivity contribution in [3.8, 4) is 22.6 Å². The van der Waals surface area contributed by atoms with E-state index in [1.807, 2.05) is 18.2 Å². The van der Waals surface area contributed by atoms with Gasteiger partial charge in [-0.3, -0.25) is 4.79 Å². The molecule has 3 aromatic rings. The number of methoxy groups -OCH3 is 1. The Hall–Kier alpha value is -3.74. The van der Waals surface area contributed by atoms with Crippen molar-refractivity contribution in [2.24, 2.45) is 0 Å². The minimum absolute atomic E-state index is 0.0934. The third kappa shape index (κ3) is 5.91. The second-order valence-electron chi connectivity index (χ2n) is 6.94. The molecule has 7 heteroatoms. The Morgan fingerprint density at radius 3 is 2.41 bits per heavy atom. The van der Waals surface area contributed by atoms with Crippen molar-refractivity contribution in [3.63, 3.8) is 0 Å². The molecule has 0 fully saturated rings. The highest BCUT2D eigenvalue weighted by atomic mass is 19.4. The highest BCUT2D eigenvalue weighted by Gasteiger charge is 2.29. The van der Waals surface area contributed by atoms with E-state index in [-0.39, 0.29) is 13.0 Å². The fraction of sp³-hybridized carbons (Fsp3) is 0.160. The molecule has 0 atom stereocenters. The van der Waals surface area contributed by atoms with E-state index in [0.29, 0.717) is 22.6 Å². The zero-order chi connectivity index (χ0) is 23.1. The third-order valence-electron chi connectivity index (χ3n) is 4.66. The number of para-hydroxylation sites is 1. The first kappa shape index (κ1) is 22.9. The lowest BCUT2D eigenvalue weighted by Gasteiger charge is -2.15. The monoisotopic (exact) mass is 442 g/mol. The first-order valence-electron chi connectivity index (χ1n) is 9.72. The summed E-state index contributed by atoms with van der Waals surface area (Å²) in [5.41, 5.74) is 2.09. The quantitative estimate of drug-likeness (QED) is 0.458. The molecule has 0 aliphatic heterocycles. The molecule has 0 saturated carbocycles. The number of halogens is 3. The fourth-order valence-corrected chi connectivity index (χ4v) is 3.18. The number of rotatable bonds is 8. The highest BCUT2D eigenvalue weighted by Crippen LogP contribution is 2.38. The molecule has 0 radical (unpaired) electrons. The Morgan fingerprint density at radius 1 is 1.03 bits per heavy atom. The number of aliphatic carboxylic acids is 1. The maximum Gasteiger partial charge on any atom is 0.416 e. The van der Waals surface area contributed by atoms with Crippen LogP contribution in [-0.2, 0) is 17.4 Å². The Balaban J connectivity index is 1.78. The molecule has 0 saturated heterocycles. The summed E-state index contributed by atoms with van der Waals surface area (Å²) in [6, 6.07) is 17.4. The molecule has 0 aliphatic carbocycles. The Bertz CT molecular complexity index is 1100. The molecule has 3 aromatic carbocycles. The van der Waals surface area contributed by atoms with Gasteiger partial charge in [-0.1, -0.05) is 54.6 Å². The summed E-state index contributed by atoms with van der Waals surface area (Å²) in [6.45, 7) is 0.156. The topological polar surface area (TPSA) is 55.8 Å². The predicted molar refractivity (Wildman–Crippen MR) is 116 cm³/mol. The first-order chi connectivity index (χ1) is 15.3. The van der Waals surface area contributed by atoms with Gasteiger partial charge in [0.2, 0.25) is 0 Å². The summed E-state index contributed by atoms with van der Waals surface area (Å²) in [4.78, 5) is 11.0. The van der Waals surface area contributed by atoms with Crippen LogP contribution in [0.4, 0.5) is 13.2 Å². The van der Waals surface area contributed by atoms with Gasteiger partial charge in [0, 0.05) is 5.56 Å². The van der Waals surface area contributed by atoms with Crippen LogP contribution in [0.5, 0.6) is 11.5 Å². The van der Waals surface area contributed by atoms with E-state index in [4.69, 9.17) is 14.6 Å². The number of alkyl halides is 3. The lowest BCUT2D eigenvalue weighted by Crippen LogP contribution is -2.04. The van der Waals surface area contributed by atoms with E-state index in [2.05, 4.69) is 0 Å². The van der Waals surface area contributed by atoms with Crippen molar-refractivity contribution in [1.29, 1.82) is 0 Å². The summed E-state index contributed by atoms with van der Waals surface area (Å²) in [5.74, 6) is 0.0753. The average Bonchev–Trinajstić information content (AvgIpc) is 2.76. The summed E-state index contributed by atoms with van der Waals surface area (Å²) in [5, 5.41) is 9.05. The molecule has 0 heterocycles. The average molecular weight is 442 g/mol. The minimum atomic E-state index is -4.37.